The molecule has 2 heterocycles. The second-order valence-electron chi connectivity index (χ2n) is 6.95. The van der Waals surface area contributed by atoms with Crippen molar-refractivity contribution in [3.05, 3.63) is 36.0 Å². The van der Waals surface area contributed by atoms with Crippen LogP contribution in [0.5, 0.6) is 0 Å². The minimum Gasteiger partial charge on any atom is -0.772 e. The molecule has 1 aliphatic heterocycles. The fourth-order valence-electron chi connectivity index (χ4n) is 3.92. The molecule has 3 rings (SSSR count). The van der Waals surface area contributed by atoms with E-state index in [2.05, 4.69) is 16.0 Å². The summed E-state index contributed by atoms with van der Waals surface area (Å²) < 4.78 is 23.4. The van der Waals surface area contributed by atoms with Crippen LogP contribution in [0.25, 0.3) is 10.8 Å². The van der Waals surface area contributed by atoms with Crippen molar-refractivity contribution in [2.75, 3.05) is 18.0 Å². The second-order valence-corrected chi connectivity index (χ2v) is 8.08. The molecule has 0 spiro atoms. The minimum absolute atomic E-state index is 0.0114. The Labute approximate surface area is 156 Å². The number of nitrogens with zero attached hydrogens (tertiary/aromatic N) is 2. The Kier molecular flexibility index (Phi) is 5.70. The van der Waals surface area contributed by atoms with Crippen molar-refractivity contribution in [3.8, 4) is 0 Å². The van der Waals surface area contributed by atoms with Crippen molar-refractivity contribution in [2.45, 2.75) is 38.0 Å². The highest BCUT2D eigenvalue weighted by molar-refractivity contribution is 7.79. The zero-order valence-electron chi connectivity index (χ0n) is 15.1. The first-order chi connectivity index (χ1) is 12.4. The Morgan fingerprint density at radius 3 is 2.73 bits per heavy atom. The van der Waals surface area contributed by atoms with Crippen LogP contribution in [0.1, 0.15) is 25.3 Å². The first kappa shape index (κ1) is 18.9. The smallest absolute Gasteiger partial charge is 0.150 e. The lowest BCUT2D eigenvalue weighted by Crippen LogP contribution is -2.37. The normalized spacial score (nSPS) is 25.1. The maximum absolute atomic E-state index is 12.2. The van der Waals surface area contributed by atoms with Gasteiger partial charge in [-0.3, -0.25) is 9.00 Å². The van der Waals surface area contributed by atoms with Gasteiger partial charge in [-0.05, 0) is 37.6 Å². The summed E-state index contributed by atoms with van der Waals surface area (Å²) in [6.07, 6.45) is 2.69. The van der Waals surface area contributed by atoms with E-state index in [1.165, 1.54) is 0 Å². The topological polar surface area (TPSA) is 99.4 Å². The van der Waals surface area contributed by atoms with E-state index >= 15 is 0 Å². The van der Waals surface area contributed by atoms with E-state index in [9.17, 15) is 13.6 Å². The predicted molar refractivity (Wildman–Crippen MR) is 103 cm³/mol. The van der Waals surface area contributed by atoms with Gasteiger partial charge in [0.2, 0.25) is 0 Å². The summed E-state index contributed by atoms with van der Waals surface area (Å²) in [5.74, 6) is 0.0969. The molecular formula is C19H24N3O3S-. The summed E-state index contributed by atoms with van der Waals surface area (Å²) in [6, 6.07) is 8.06. The molecule has 2 aromatic rings. The largest absolute Gasteiger partial charge is 0.772 e. The molecule has 3 unspecified atom stereocenters. The number of hydrogen-bond acceptors (Lipinski definition) is 6. The molecule has 1 fully saturated rings. The number of carbonyl (C=O) groups is 1. The van der Waals surface area contributed by atoms with Crippen molar-refractivity contribution in [3.63, 3.8) is 0 Å². The quantitative estimate of drug-likeness (QED) is 0.821. The third-order valence-electron chi connectivity index (χ3n) is 5.34. The summed E-state index contributed by atoms with van der Waals surface area (Å²) in [4.78, 5) is 19.0. The maximum Gasteiger partial charge on any atom is 0.150 e. The number of rotatable bonds is 4. The van der Waals surface area contributed by atoms with Crippen LogP contribution in [0.15, 0.2) is 30.5 Å². The molecule has 0 radical (unpaired) electrons. The number of anilines is 1. The molecule has 6 nitrogen and oxygen atoms in total. The first-order valence-electron chi connectivity index (χ1n) is 8.85. The van der Waals surface area contributed by atoms with Gasteiger partial charge in [0, 0.05) is 35.3 Å². The zero-order valence-corrected chi connectivity index (χ0v) is 15.9. The van der Waals surface area contributed by atoms with Crippen molar-refractivity contribution in [1.82, 2.24) is 4.98 Å². The highest BCUT2D eigenvalue weighted by atomic mass is 32.2. The van der Waals surface area contributed by atoms with Crippen LogP contribution in [0.4, 0.5) is 5.82 Å². The maximum atomic E-state index is 12.2. The molecule has 140 valence electrons. The molecule has 0 saturated carbocycles. The van der Waals surface area contributed by atoms with Crippen molar-refractivity contribution in [1.29, 1.82) is 0 Å². The van der Waals surface area contributed by atoms with Gasteiger partial charge in [-0.1, -0.05) is 35.3 Å². The summed E-state index contributed by atoms with van der Waals surface area (Å²) in [7, 11) is 0. The second kappa shape index (κ2) is 7.82. The third kappa shape index (κ3) is 3.51. The summed E-state index contributed by atoms with van der Waals surface area (Å²) >= 11 is -2.31. The van der Waals surface area contributed by atoms with Gasteiger partial charge in [0.05, 0.1) is 6.54 Å². The van der Waals surface area contributed by atoms with Gasteiger partial charge in [-0.15, -0.1) is 0 Å². The van der Waals surface area contributed by atoms with Crippen molar-refractivity contribution in [2.24, 2.45) is 11.7 Å². The fraction of sp³-hybridized carbons (Fsp3) is 0.474. The van der Waals surface area contributed by atoms with Crippen LogP contribution in [0, 0.1) is 12.8 Å². The molecule has 1 aromatic heterocycles. The van der Waals surface area contributed by atoms with Crippen molar-refractivity contribution >= 4 is 33.5 Å². The Balaban J connectivity index is 2.01. The Morgan fingerprint density at radius 1 is 1.38 bits per heavy atom. The van der Waals surface area contributed by atoms with Gasteiger partial charge in [0.15, 0.2) is 5.78 Å². The SMILES string of the molecule is Cc1cnc(N2CC[C@H](S(=O)[O-])C(C(=O)CN)CC2C)c2ccccc12. The van der Waals surface area contributed by atoms with E-state index in [1.54, 1.807) is 0 Å². The Morgan fingerprint density at radius 2 is 2.08 bits per heavy atom. The number of pyridine rings is 1. The predicted octanol–water partition coefficient (Wildman–Crippen LogP) is 1.92. The molecular weight excluding hydrogens is 350 g/mol. The highest BCUT2D eigenvalue weighted by Crippen LogP contribution is 2.33. The van der Waals surface area contributed by atoms with Crippen LogP contribution in [-0.2, 0) is 15.9 Å². The van der Waals surface area contributed by atoms with Crippen LogP contribution < -0.4 is 10.6 Å². The lowest BCUT2D eigenvalue weighted by molar-refractivity contribution is -0.121. The molecule has 4 atom stereocenters. The van der Waals surface area contributed by atoms with Crippen LogP contribution in [0.2, 0.25) is 0 Å². The molecule has 0 amide bonds. The fourth-order valence-corrected chi connectivity index (χ4v) is 4.75. The number of nitrogens with two attached hydrogens (primary N) is 1. The number of Topliss-reactive ketones (excluding diaryl/α,β-unsaturated/α-hetero) is 1. The lowest BCUT2D eigenvalue weighted by atomic mass is 9.92. The molecule has 0 bridgehead atoms. The van der Waals surface area contributed by atoms with E-state index in [0.717, 1.165) is 22.2 Å². The molecule has 2 N–H and O–H groups in total. The Hall–Kier alpha value is -1.83. The summed E-state index contributed by atoms with van der Waals surface area (Å²) in [5, 5.41) is 1.48. The summed E-state index contributed by atoms with van der Waals surface area (Å²) in [6.45, 7) is 4.45. The van der Waals surface area contributed by atoms with Gasteiger partial charge in [0.1, 0.15) is 5.82 Å². The number of aryl methyl sites for hydroxylation is 1. The molecule has 26 heavy (non-hydrogen) atoms. The van der Waals surface area contributed by atoms with Crippen LogP contribution in [-0.4, -0.2) is 43.9 Å². The van der Waals surface area contributed by atoms with Gasteiger partial charge in [-0.2, -0.15) is 0 Å². The molecule has 7 heteroatoms. The highest BCUT2D eigenvalue weighted by Gasteiger charge is 2.35. The third-order valence-corrected chi connectivity index (χ3v) is 6.40. The van der Waals surface area contributed by atoms with Crippen LogP contribution in [0.3, 0.4) is 0 Å². The number of ketones is 1. The molecule has 1 aromatic carbocycles. The zero-order chi connectivity index (χ0) is 18.8. The standard InChI is InChI=1S/C19H25N3O3S/c1-12-11-21-19(15-6-4-3-5-14(12)15)22-8-7-18(26(24)25)16(9-13(22)2)17(23)10-20/h3-6,11,13,16,18H,7-10,20H2,1-2H3,(H,24,25)/p-1/t13?,16?,18-/m0/s1. The number of fused-ring (bicyclic) bond motifs is 1. The minimum atomic E-state index is -2.31. The molecule has 0 aliphatic carbocycles. The van der Waals surface area contributed by atoms with Crippen molar-refractivity contribution < 1.29 is 13.6 Å². The molecule has 1 aliphatic rings. The van der Waals surface area contributed by atoms with E-state index in [0.29, 0.717) is 19.4 Å². The number of carbonyl (C=O) groups excluding carboxylic acids is 1. The van der Waals surface area contributed by atoms with E-state index in [4.69, 9.17) is 5.73 Å². The van der Waals surface area contributed by atoms with E-state index < -0.39 is 22.2 Å². The monoisotopic (exact) mass is 374 g/mol. The average Bonchev–Trinajstić information content (AvgIpc) is 2.81. The Bertz CT molecular complexity index is 842. The number of aromatic nitrogens is 1. The van der Waals surface area contributed by atoms with E-state index in [-0.39, 0.29) is 18.4 Å². The van der Waals surface area contributed by atoms with E-state index in [1.807, 2.05) is 38.2 Å². The van der Waals surface area contributed by atoms with Gasteiger partial charge in [-0.25, -0.2) is 4.98 Å². The number of hydrogen-bond donors (Lipinski definition) is 1. The molecule has 1 saturated heterocycles. The van der Waals surface area contributed by atoms with Crippen LogP contribution >= 0.6 is 0 Å². The van der Waals surface area contributed by atoms with Gasteiger partial charge >= 0.3 is 0 Å². The summed E-state index contributed by atoms with van der Waals surface area (Å²) in [5.41, 5.74) is 6.62. The average molecular weight is 374 g/mol. The van der Waals surface area contributed by atoms with Gasteiger partial charge < -0.3 is 15.2 Å². The number of benzene rings is 1. The first-order valence-corrected chi connectivity index (χ1v) is 9.99. The lowest BCUT2D eigenvalue weighted by Gasteiger charge is -2.30. The van der Waals surface area contributed by atoms with Gasteiger partial charge in [0.25, 0.3) is 0 Å².